The van der Waals surface area contributed by atoms with Crippen LogP contribution in [0.15, 0.2) is 35.3 Å². The van der Waals surface area contributed by atoms with Crippen LogP contribution < -0.4 is 5.56 Å². The molecule has 0 saturated carbocycles. The summed E-state index contributed by atoms with van der Waals surface area (Å²) in [7, 11) is 0. The molecule has 1 fully saturated rings. The minimum absolute atomic E-state index is 0.0330. The van der Waals surface area contributed by atoms with Crippen LogP contribution in [0.1, 0.15) is 45.0 Å². The van der Waals surface area contributed by atoms with Crippen LogP contribution in [0.3, 0.4) is 0 Å². The van der Waals surface area contributed by atoms with E-state index in [1.807, 2.05) is 18.2 Å². The lowest BCUT2D eigenvalue weighted by atomic mass is 9.92. The third-order valence-electron chi connectivity index (χ3n) is 4.51. The Morgan fingerprint density at radius 1 is 1.25 bits per heavy atom. The highest BCUT2D eigenvalue weighted by Crippen LogP contribution is 2.21. The van der Waals surface area contributed by atoms with Gasteiger partial charge in [0.1, 0.15) is 0 Å². The van der Waals surface area contributed by atoms with Gasteiger partial charge < -0.3 is 0 Å². The van der Waals surface area contributed by atoms with Crippen molar-refractivity contribution < 1.29 is 0 Å². The molecule has 3 rings (SSSR count). The van der Waals surface area contributed by atoms with Crippen LogP contribution in [0.5, 0.6) is 0 Å². The molecule has 0 bridgehead atoms. The zero-order valence-electron chi connectivity index (χ0n) is 14.6. The predicted molar refractivity (Wildman–Crippen MR) is 92.7 cm³/mol. The molecule has 0 radical (unpaired) electrons. The summed E-state index contributed by atoms with van der Waals surface area (Å²) in [5.74, 6) is 0. The van der Waals surface area contributed by atoms with Gasteiger partial charge in [0.15, 0.2) is 0 Å². The fourth-order valence-electron chi connectivity index (χ4n) is 3.12. The van der Waals surface area contributed by atoms with Crippen molar-refractivity contribution in [1.82, 2.24) is 24.9 Å². The number of likely N-dealkylation sites (tertiary alicyclic amines) is 1. The van der Waals surface area contributed by atoms with Gasteiger partial charge in [0.25, 0.3) is 5.56 Å². The molecule has 6 heteroatoms. The number of hydrogen-bond donors (Lipinski definition) is 0. The van der Waals surface area contributed by atoms with E-state index in [2.05, 4.69) is 41.0 Å². The maximum Gasteiger partial charge on any atom is 0.266 e. The van der Waals surface area contributed by atoms with Crippen molar-refractivity contribution in [1.29, 1.82) is 0 Å². The molecule has 0 spiro atoms. The fourth-order valence-corrected chi connectivity index (χ4v) is 3.12. The van der Waals surface area contributed by atoms with E-state index >= 15 is 0 Å². The third kappa shape index (κ3) is 3.87. The first-order valence-electron chi connectivity index (χ1n) is 8.53. The zero-order chi connectivity index (χ0) is 17.2. The molecule has 6 nitrogen and oxygen atoms in total. The molecule has 24 heavy (non-hydrogen) atoms. The standard InChI is InChI=1S/C18H25N5O/c1-18(2,3)16-8-9-17(24)23(21-16)13-15-7-5-11-22(15)12-14-6-4-10-19-20-14/h4,6,8-10,15H,5,7,11-13H2,1-3H3. The predicted octanol–water partition coefficient (Wildman–Crippen LogP) is 2.00. The summed E-state index contributed by atoms with van der Waals surface area (Å²) in [5.41, 5.74) is 1.81. The van der Waals surface area contributed by atoms with E-state index in [9.17, 15) is 4.79 Å². The lowest BCUT2D eigenvalue weighted by Gasteiger charge is -2.25. The van der Waals surface area contributed by atoms with Gasteiger partial charge in [-0.2, -0.15) is 15.3 Å². The molecular weight excluding hydrogens is 302 g/mol. The highest BCUT2D eigenvalue weighted by molar-refractivity contribution is 5.10. The van der Waals surface area contributed by atoms with E-state index in [-0.39, 0.29) is 11.0 Å². The Bertz CT molecular complexity index is 735. The quantitative estimate of drug-likeness (QED) is 0.859. The summed E-state index contributed by atoms with van der Waals surface area (Å²) in [6.07, 6.45) is 3.90. The number of hydrogen-bond acceptors (Lipinski definition) is 5. The topological polar surface area (TPSA) is 63.9 Å². The zero-order valence-corrected chi connectivity index (χ0v) is 14.6. The Balaban J connectivity index is 1.76. The summed E-state index contributed by atoms with van der Waals surface area (Å²) in [6, 6.07) is 7.69. The smallest absolute Gasteiger partial charge is 0.266 e. The van der Waals surface area contributed by atoms with Gasteiger partial charge in [0.2, 0.25) is 0 Å². The molecule has 2 aromatic heterocycles. The third-order valence-corrected chi connectivity index (χ3v) is 4.51. The van der Waals surface area contributed by atoms with E-state index < -0.39 is 0 Å². The molecule has 2 aromatic rings. The summed E-state index contributed by atoms with van der Waals surface area (Å²) in [5, 5.41) is 12.7. The van der Waals surface area contributed by atoms with Crippen LogP contribution in [-0.2, 0) is 18.5 Å². The van der Waals surface area contributed by atoms with Gasteiger partial charge in [0, 0.05) is 30.3 Å². The van der Waals surface area contributed by atoms with Crippen molar-refractivity contribution in [3.05, 3.63) is 52.2 Å². The second-order valence-electron chi connectivity index (χ2n) is 7.47. The second-order valence-corrected chi connectivity index (χ2v) is 7.47. The van der Waals surface area contributed by atoms with Crippen LogP contribution in [-0.4, -0.2) is 37.5 Å². The number of rotatable bonds is 4. The maximum absolute atomic E-state index is 12.2. The monoisotopic (exact) mass is 327 g/mol. The van der Waals surface area contributed by atoms with Gasteiger partial charge in [-0.05, 0) is 37.6 Å². The van der Waals surface area contributed by atoms with Crippen LogP contribution in [0, 0.1) is 0 Å². The van der Waals surface area contributed by atoms with Crippen LogP contribution in [0.4, 0.5) is 0 Å². The molecule has 1 aliphatic heterocycles. The maximum atomic E-state index is 12.2. The van der Waals surface area contributed by atoms with Crippen molar-refractivity contribution in [2.75, 3.05) is 6.54 Å². The molecule has 1 atom stereocenters. The van der Waals surface area contributed by atoms with E-state index in [1.165, 1.54) is 0 Å². The highest BCUT2D eigenvalue weighted by Gasteiger charge is 2.26. The lowest BCUT2D eigenvalue weighted by molar-refractivity contribution is 0.213. The summed E-state index contributed by atoms with van der Waals surface area (Å²) < 4.78 is 1.63. The Morgan fingerprint density at radius 2 is 2.08 bits per heavy atom. The van der Waals surface area contributed by atoms with Crippen molar-refractivity contribution in [2.45, 2.75) is 58.2 Å². The van der Waals surface area contributed by atoms with E-state index in [1.54, 1.807) is 16.9 Å². The second kappa shape index (κ2) is 6.81. The summed E-state index contributed by atoms with van der Waals surface area (Å²) in [6.45, 7) is 8.75. The fraction of sp³-hybridized carbons (Fsp3) is 0.556. The molecule has 0 amide bonds. The molecule has 0 aromatic carbocycles. The van der Waals surface area contributed by atoms with Gasteiger partial charge in [-0.3, -0.25) is 9.69 Å². The first-order valence-corrected chi connectivity index (χ1v) is 8.53. The van der Waals surface area contributed by atoms with Gasteiger partial charge in [-0.1, -0.05) is 20.8 Å². The van der Waals surface area contributed by atoms with Crippen molar-refractivity contribution in [3.63, 3.8) is 0 Å². The van der Waals surface area contributed by atoms with Crippen molar-refractivity contribution >= 4 is 0 Å². The van der Waals surface area contributed by atoms with Gasteiger partial charge in [-0.15, -0.1) is 0 Å². The molecule has 128 valence electrons. The normalized spacial score (nSPS) is 18.9. The molecular formula is C18H25N5O. The molecule has 1 unspecified atom stereocenters. The van der Waals surface area contributed by atoms with Crippen molar-refractivity contribution in [3.8, 4) is 0 Å². The van der Waals surface area contributed by atoms with E-state index in [0.29, 0.717) is 12.6 Å². The first-order chi connectivity index (χ1) is 11.4. The Kier molecular flexibility index (Phi) is 4.76. The minimum Gasteiger partial charge on any atom is -0.293 e. The molecule has 3 heterocycles. The summed E-state index contributed by atoms with van der Waals surface area (Å²) in [4.78, 5) is 14.6. The average molecular weight is 327 g/mol. The minimum atomic E-state index is -0.0650. The highest BCUT2D eigenvalue weighted by atomic mass is 16.1. The largest absolute Gasteiger partial charge is 0.293 e. The van der Waals surface area contributed by atoms with Crippen molar-refractivity contribution in [2.24, 2.45) is 0 Å². The Morgan fingerprint density at radius 3 is 2.79 bits per heavy atom. The van der Waals surface area contributed by atoms with Gasteiger partial charge in [-0.25, -0.2) is 4.68 Å². The first kappa shape index (κ1) is 16.8. The Hall–Kier alpha value is -2.08. The molecule has 0 N–H and O–H groups in total. The van der Waals surface area contributed by atoms with Crippen LogP contribution >= 0.6 is 0 Å². The average Bonchev–Trinajstić information content (AvgIpc) is 2.96. The van der Waals surface area contributed by atoms with E-state index in [0.717, 1.165) is 37.3 Å². The summed E-state index contributed by atoms with van der Waals surface area (Å²) >= 11 is 0. The molecule has 0 aliphatic carbocycles. The number of aromatic nitrogens is 4. The van der Waals surface area contributed by atoms with Gasteiger partial charge >= 0.3 is 0 Å². The Labute approximate surface area is 142 Å². The lowest BCUT2D eigenvalue weighted by Crippen LogP contribution is -2.37. The van der Waals surface area contributed by atoms with Gasteiger partial charge in [0.05, 0.1) is 17.9 Å². The number of nitrogens with zero attached hydrogens (tertiary/aromatic N) is 5. The molecule has 1 saturated heterocycles. The SMILES string of the molecule is CC(C)(C)c1ccc(=O)n(CC2CCCN2Cc2cccnn2)n1. The van der Waals surface area contributed by atoms with Crippen LogP contribution in [0.25, 0.3) is 0 Å². The van der Waals surface area contributed by atoms with Crippen LogP contribution in [0.2, 0.25) is 0 Å². The van der Waals surface area contributed by atoms with E-state index in [4.69, 9.17) is 0 Å². The molecule has 1 aliphatic rings.